The molecule has 106 valence electrons. The summed E-state index contributed by atoms with van der Waals surface area (Å²) in [6.45, 7) is 1.47. The van der Waals surface area contributed by atoms with Gasteiger partial charge in [-0.3, -0.25) is 0 Å². The second-order valence-electron chi connectivity index (χ2n) is 4.58. The molecule has 20 heavy (non-hydrogen) atoms. The van der Waals surface area contributed by atoms with Gasteiger partial charge in [-0.2, -0.15) is 0 Å². The molecular weight excluding hydrogens is 321 g/mol. The lowest BCUT2D eigenvalue weighted by Gasteiger charge is -2.08. The molecule has 0 unspecified atom stereocenters. The van der Waals surface area contributed by atoms with Crippen LogP contribution in [0.2, 0.25) is 0 Å². The third-order valence-corrected chi connectivity index (χ3v) is 3.46. The highest BCUT2D eigenvalue weighted by Gasteiger charge is 2.04. The fourth-order valence-corrected chi connectivity index (χ4v) is 2.18. The number of ether oxygens (including phenoxy) is 1. The van der Waals surface area contributed by atoms with Crippen molar-refractivity contribution < 1.29 is 9.13 Å². The van der Waals surface area contributed by atoms with Crippen LogP contribution in [-0.4, -0.2) is 7.05 Å². The topological polar surface area (TPSA) is 21.3 Å². The molecule has 0 aliphatic rings. The van der Waals surface area contributed by atoms with E-state index < -0.39 is 0 Å². The van der Waals surface area contributed by atoms with Gasteiger partial charge in [0.05, 0.1) is 13.2 Å². The zero-order valence-corrected chi connectivity index (χ0v) is 12.9. The SMILES string of the molecule is CNCc1ccc(F)c(COCc2ccc(Br)cc2)c1. The van der Waals surface area contributed by atoms with Gasteiger partial charge in [0.15, 0.2) is 0 Å². The number of halogens is 2. The highest BCUT2D eigenvalue weighted by molar-refractivity contribution is 9.10. The van der Waals surface area contributed by atoms with Gasteiger partial charge in [0, 0.05) is 16.6 Å². The van der Waals surface area contributed by atoms with Crippen LogP contribution in [0.4, 0.5) is 4.39 Å². The first kappa shape index (κ1) is 15.2. The Morgan fingerprint density at radius 2 is 1.75 bits per heavy atom. The molecule has 0 radical (unpaired) electrons. The van der Waals surface area contributed by atoms with E-state index in [1.54, 1.807) is 6.07 Å². The molecule has 2 aromatic carbocycles. The molecule has 2 rings (SSSR count). The summed E-state index contributed by atoms with van der Waals surface area (Å²) in [7, 11) is 1.87. The summed E-state index contributed by atoms with van der Waals surface area (Å²) in [5, 5.41) is 3.05. The van der Waals surface area contributed by atoms with Crippen molar-refractivity contribution in [3.63, 3.8) is 0 Å². The number of benzene rings is 2. The van der Waals surface area contributed by atoms with Gasteiger partial charge in [-0.05, 0) is 42.4 Å². The van der Waals surface area contributed by atoms with Gasteiger partial charge in [-0.1, -0.05) is 34.1 Å². The Balaban J connectivity index is 1.93. The highest BCUT2D eigenvalue weighted by Crippen LogP contribution is 2.14. The van der Waals surface area contributed by atoms with E-state index in [0.29, 0.717) is 12.2 Å². The Hall–Kier alpha value is -1.23. The largest absolute Gasteiger partial charge is 0.372 e. The summed E-state index contributed by atoms with van der Waals surface area (Å²) in [5.74, 6) is -0.222. The van der Waals surface area contributed by atoms with Gasteiger partial charge in [0.2, 0.25) is 0 Å². The van der Waals surface area contributed by atoms with Crippen LogP contribution in [-0.2, 0) is 24.5 Å². The van der Waals surface area contributed by atoms with Crippen LogP contribution in [0.15, 0.2) is 46.9 Å². The lowest BCUT2D eigenvalue weighted by Crippen LogP contribution is -2.06. The molecule has 0 aromatic heterocycles. The van der Waals surface area contributed by atoms with Crippen molar-refractivity contribution in [2.45, 2.75) is 19.8 Å². The first-order valence-electron chi connectivity index (χ1n) is 6.43. The molecule has 0 atom stereocenters. The zero-order valence-electron chi connectivity index (χ0n) is 11.3. The van der Waals surface area contributed by atoms with Crippen LogP contribution >= 0.6 is 15.9 Å². The van der Waals surface area contributed by atoms with Gasteiger partial charge in [-0.25, -0.2) is 4.39 Å². The summed E-state index contributed by atoms with van der Waals surface area (Å²) in [6.07, 6.45) is 0. The highest BCUT2D eigenvalue weighted by atomic mass is 79.9. The fraction of sp³-hybridized carbons (Fsp3) is 0.250. The fourth-order valence-electron chi connectivity index (χ4n) is 1.91. The molecule has 2 aromatic rings. The second kappa shape index (κ2) is 7.53. The Kier molecular flexibility index (Phi) is 5.71. The minimum Gasteiger partial charge on any atom is -0.372 e. The van der Waals surface area contributed by atoms with Gasteiger partial charge < -0.3 is 10.1 Å². The molecule has 0 aliphatic heterocycles. The van der Waals surface area contributed by atoms with Crippen molar-refractivity contribution in [1.29, 1.82) is 0 Å². The van der Waals surface area contributed by atoms with Crippen molar-refractivity contribution >= 4 is 15.9 Å². The summed E-state index contributed by atoms with van der Waals surface area (Å²) >= 11 is 3.39. The van der Waals surface area contributed by atoms with Gasteiger partial charge in [0.1, 0.15) is 5.82 Å². The standard InChI is InChI=1S/C16H17BrFNO/c1-19-9-13-4-7-16(18)14(8-13)11-20-10-12-2-5-15(17)6-3-12/h2-8,19H,9-11H2,1H3. The molecule has 0 heterocycles. The number of nitrogens with one attached hydrogen (secondary N) is 1. The first-order valence-corrected chi connectivity index (χ1v) is 7.22. The third kappa shape index (κ3) is 4.40. The minimum absolute atomic E-state index is 0.222. The molecule has 0 amide bonds. The molecule has 0 saturated heterocycles. The second-order valence-corrected chi connectivity index (χ2v) is 5.49. The first-order chi connectivity index (χ1) is 9.69. The van der Waals surface area contributed by atoms with Gasteiger partial charge in [-0.15, -0.1) is 0 Å². The predicted molar refractivity (Wildman–Crippen MR) is 81.8 cm³/mol. The molecule has 0 aliphatic carbocycles. The van der Waals surface area contributed by atoms with Crippen LogP contribution in [0, 0.1) is 5.82 Å². The third-order valence-electron chi connectivity index (χ3n) is 2.93. The van der Waals surface area contributed by atoms with E-state index in [9.17, 15) is 4.39 Å². The normalized spacial score (nSPS) is 10.8. The van der Waals surface area contributed by atoms with Crippen LogP contribution in [0.1, 0.15) is 16.7 Å². The molecule has 0 bridgehead atoms. The van der Waals surface area contributed by atoms with Crippen molar-refractivity contribution in [2.24, 2.45) is 0 Å². The van der Waals surface area contributed by atoms with E-state index >= 15 is 0 Å². The van der Waals surface area contributed by atoms with E-state index in [2.05, 4.69) is 21.2 Å². The quantitative estimate of drug-likeness (QED) is 0.859. The van der Waals surface area contributed by atoms with Crippen molar-refractivity contribution in [3.05, 3.63) is 69.4 Å². The van der Waals surface area contributed by atoms with E-state index in [4.69, 9.17) is 4.74 Å². The van der Waals surface area contributed by atoms with Crippen LogP contribution in [0.3, 0.4) is 0 Å². The molecule has 0 saturated carbocycles. The monoisotopic (exact) mass is 337 g/mol. The molecule has 0 fully saturated rings. The van der Waals surface area contributed by atoms with E-state index in [1.807, 2.05) is 37.4 Å². The summed E-state index contributed by atoms with van der Waals surface area (Å²) in [5.41, 5.74) is 2.71. The minimum atomic E-state index is -0.222. The maximum Gasteiger partial charge on any atom is 0.128 e. The number of hydrogen-bond donors (Lipinski definition) is 1. The Morgan fingerprint density at radius 3 is 2.45 bits per heavy atom. The maximum atomic E-state index is 13.7. The lowest BCUT2D eigenvalue weighted by atomic mass is 10.1. The predicted octanol–water partition coefficient (Wildman–Crippen LogP) is 4.02. The summed E-state index contributed by atoms with van der Waals surface area (Å²) in [4.78, 5) is 0. The van der Waals surface area contributed by atoms with Crippen LogP contribution in [0.25, 0.3) is 0 Å². The van der Waals surface area contributed by atoms with Crippen molar-refractivity contribution in [2.75, 3.05) is 7.05 Å². The Labute approximate surface area is 127 Å². The van der Waals surface area contributed by atoms with Crippen molar-refractivity contribution in [3.8, 4) is 0 Å². The lowest BCUT2D eigenvalue weighted by molar-refractivity contribution is 0.105. The molecule has 0 spiro atoms. The van der Waals surface area contributed by atoms with E-state index in [1.165, 1.54) is 6.07 Å². The Morgan fingerprint density at radius 1 is 1.05 bits per heavy atom. The Bertz CT molecular complexity index is 557. The average Bonchev–Trinajstić information content (AvgIpc) is 2.45. The van der Waals surface area contributed by atoms with Crippen LogP contribution < -0.4 is 5.32 Å². The van der Waals surface area contributed by atoms with Crippen LogP contribution in [0.5, 0.6) is 0 Å². The maximum absolute atomic E-state index is 13.7. The van der Waals surface area contributed by atoms with Crippen molar-refractivity contribution in [1.82, 2.24) is 5.32 Å². The zero-order chi connectivity index (χ0) is 14.4. The molecular formula is C16H17BrFNO. The number of hydrogen-bond acceptors (Lipinski definition) is 2. The summed E-state index contributed by atoms with van der Waals surface area (Å²) < 4.78 is 20.3. The smallest absolute Gasteiger partial charge is 0.128 e. The molecule has 1 N–H and O–H groups in total. The average molecular weight is 338 g/mol. The number of rotatable bonds is 6. The van der Waals surface area contributed by atoms with E-state index in [0.717, 1.165) is 22.1 Å². The molecule has 2 nitrogen and oxygen atoms in total. The van der Waals surface area contributed by atoms with Gasteiger partial charge >= 0.3 is 0 Å². The summed E-state index contributed by atoms with van der Waals surface area (Å²) in [6, 6.07) is 13.0. The molecule has 4 heteroatoms. The van der Waals surface area contributed by atoms with Gasteiger partial charge in [0.25, 0.3) is 0 Å². The van der Waals surface area contributed by atoms with E-state index in [-0.39, 0.29) is 12.4 Å².